The molecule has 0 spiro atoms. The molecule has 2 aliphatic heterocycles. The summed E-state index contributed by atoms with van der Waals surface area (Å²) in [5, 5.41) is 5.70. The summed E-state index contributed by atoms with van der Waals surface area (Å²) in [4.78, 5) is 53.0. The molecule has 9 heteroatoms. The quantitative estimate of drug-likeness (QED) is 0.518. The average Bonchev–Trinajstić information content (AvgIpc) is 2.83. The lowest BCUT2D eigenvalue weighted by atomic mass is 9.99. The molecule has 1 fully saturated rings. The van der Waals surface area contributed by atoms with Crippen molar-refractivity contribution in [2.24, 2.45) is 0 Å². The fraction of sp³-hybridized carbons (Fsp3) is 0.385. The van der Waals surface area contributed by atoms with Gasteiger partial charge in [-0.3, -0.25) is 14.4 Å². The first-order valence-electron chi connectivity index (χ1n) is 11.8. The largest absolute Gasteiger partial charge is 0.343 e. The fourth-order valence-corrected chi connectivity index (χ4v) is 5.18. The number of aryl methyl sites for hydroxylation is 1. The topological polar surface area (TPSA) is 98.8 Å². The van der Waals surface area contributed by atoms with E-state index in [9.17, 15) is 19.2 Å². The van der Waals surface area contributed by atoms with E-state index in [1.165, 1.54) is 6.92 Å². The molecule has 0 radical (unpaired) electrons. The smallest absolute Gasteiger partial charge is 0.322 e. The lowest BCUT2D eigenvalue weighted by Crippen LogP contribution is -2.51. The molecule has 8 nitrogen and oxygen atoms in total. The van der Waals surface area contributed by atoms with Crippen LogP contribution in [0.4, 0.5) is 16.2 Å². The van der Waals surface area contributed by atoms with Crippen LogP contribution in [0.3, 0.4) is 0 Å². The molecule has 2 aromatic carbocycles. The molecule has 4 amide bonds. The van der Waals surface area contributed by atoms with Gasteiger partial charge in [0, 0.05) is 55.5 Å². The zero-order valence-corrected chi connectivity index (χ0v) is 21.5. The number of amides is 4. The SMILES string of the molecule is CC(=O)Nc1ccc(C(=O)CCC(=O)N2CCC(N3Cc4cccc(C)c4NC3=O)CC2)cc1Br. The van der Waals surface area contributed by atoms with Crippen LogP contribution in [0.2, 0.25) is 0 Å². The number of Topliss-reactive ketones (excluding diaryl/α,β-unsaturated/α-hetero) is 1. The van der Waals surface area contributed by atoms with Gasteiger partial charge >= 0.3 is 6.03 Å². The van der Waals surface area contributed by atoms with Crippen LogP contribution in [0.5, 0.6) is 0 Å². The van der Waals surface area contributed by atoms with Crippen molar-refractivity contribution in [2.45, 2.75) is 52.1 Å². The number of carbonyl (C=O) groups excluding carboxylic acids is 4. The Kier molecular flexibility index (Phi) is 7.54. The van der Waals surface area contributed by atoms with E-state index in [-0.39, 0.29) is 42.5 Å². The Hall–Kier alpha value is -3.20. The zero-order chi connectivity index (χ0) is 25.1. The molecule has 4 rings (SSSR count). The van der Waals surface area contributed by atoms with Crippen molar-refractivity contribution in [1.29, 1.82) is 0 Å². The monoisotopic (exact) mass is 540 g/mol. The summed E-state index contributed by atoms with van der Waals surface area (Å²) in [5.41, 5.74) is 4.15. The highest BCUT2D eigenvalue weighted by molar-refractivity contribution is 9.10. The van der Waals surface area contributed by atoms with Crippen LogP contribution in [-0.4, -0.2) is 52.6 Å². The molecule has 0 bridgehead atoms. The Morgan fingerprint density at radius 2 is 1.86 bits per heavy atom. The molecular weight excluding hydrogens is 512 g/mol. The second kappa shape index (κ2) is 10.6. The maximum absolute atomic E-state index is 12.7. The Balaban J connectivity index is 1.27. The van der Waals surface area contributed by atoms with Gasteiger partial charge in [-0.1, -0.05) is 18.2 Å². The number of piperidine rings is 1. The van der Waals surface area contributed by atoms with Crippen LogP contribution in [0.1, 0.15) is 54.1 Å². The number of rotatable bonds is 6. The molecule has 1 saturated heterocycles. The summed E-state index contributed by atoms with van der Waals surface area (Å²) < 4.78 is 0.617. The van der Waals surface area contributed by atoms with Gasteiger partial charge in [-0.2, -0.15) is 0 Å². The average molecular weight is 541 g/mol. The third kappa shape index (κ3) is 5.73. The number of anilines is 2. The molecule has 0 aromatic heterocycles. The minimum absolute atomic E-state index is 0.0465. The number of hydrogen-bond donors (Lipinski definition) is 2. The predicted molar refractivity (Wildman–Crippen MR) is 137 cm³/mol. The van der Waals surface area contributed by atoms with E-state index in [1.54, 1.807) is 23.1 Å². The molecule has 184 valence electrons. The highest BCUT2D eigenvalue weighted by Gasteiger charge is 2.33. The van der Waals surface area contributed by atoms with E-state index in [1.807, 2.05) is 30.0 Å². The van der Waals surface area contributed by atoms with Gasteiger partial charge in [0.05, 0.1) is 11.4 Å². The number of urea groups is 1. The van der Waals surface area contributed by atoms with Gasteiger partial charge in [0.2, 0.25) is 11.8 Å². The first-order chi connectivity index (χ1) is 16.7. The molecule has 0 unspecified atom stereocenters. The third-order valence-electron chi connectivity index (χ3n) is 6.62. The van der Waals surface area contributed by atoms with Crippen molar-refractivity contribution >= 4 is 50.9 Å². The number of nitrogens with zero attached hydrogens (tertiary/aromatic N) is 2. The summed E-state index contributed by atoms with van der Waals surface area (Å²) in [7, 11) is 0. The molecule has 0 atom stereocenters. The Labute approximate surface area is 213 Å². The Bertz CT molecular complexity index is 1170. The second-order valence-electron chi connectivity index (χ2n) is 9.08. The molecule has 2 aromatic rings. The standard InChI is InChI=1S/C26H29BrN4O4/c1-16-4-3-5-19-15-31(26(35)29-25(16)19)20-10-12-30(13-11-20)24(34)9-8-23(33)18-6-7-22(21(27)14-18)28-17(2)32/h3-7,14,20H,8-13,15H2,1-2H3,(H,28,32)(H,29,35). The summed E-state index contributed by atoms with van der Waals surface area (Å²) in [6.45, 7) is 5.12. The van der Waals surface area contributed by atoms with E-state index in [4.69, 9.17) is 0 Å². The first kappa shape index (κ1) is 24.9. The zero-order valence-electron chi connectivity index (χ0n) is 19.9. The van der Waals surface area contributed by atoms with Crippen LogP contribution in [0.15, 0.2) is 40.9 Å². The summed E-state index contributed by atoms with van der Waals surface area (Å²) >= 11 is 3.37. The van der Waals surface area contributed by atoms with Crippen molar-refractivity contribution < 1.29 is 19.2 Å². The number of likely N-dealkylation sites (tertiary alicyclic amines) is 1. The summed E-state index contributed by atoms with van der Waals surface area (Å²) in [5.74, 6) is -0.364. The summed E-state index contributed by atoms with van der Waals surface area (Å²) in [6, 6.07) is 11.0. The van der Waals surface area contributed by atoms with E-state index in [2.05, 4.69) is 26.6 Å². The maximum atomic E-state index is 12.7. The van der Waals surface area contributed by atoms with Crippen molar-refractivity contribution in [2.75, 3.05) is 23.7 Å². The van der Waals surface area contributed by atoms with E-state index in [0.717, 1.165) is 16.8 Å². The molecule has 0 aliphatic carbocycles. The highest BCUT2D eigenvalue weighted by atomic mass is 79.9. The van der Waals surface area contributed by atoms with Crippen molar-refractivity contribution in [3.63, 3.8) is 0 Å². The van der Waals surface area contributed by atoms with Crippen LogP contribution in [0, 0.1) is 6.92 Å². The summed E-state index contributed by atoms with van der Waals surface area (Å²) in [6.07, 6.45) is 1.69. The van der Waals surface area contributed by atoms with E-state index >= 15 is 0 Å². The minimum Gasteiger partial charge on any atom is -0.343 e. The normalized spacial score (nSPS) is 15.9. The van der Waals surface area contributed by atoms with Crippen molar-refractivity contribution in [1.82, 2.24) is 9.80 Å². The number of nitrogens with one attached hydrogen (secondary N) is 2. The fourth-order valence-electron chi connectivity index (χ4n) is 4.70. The molecule has 2 heterocycles. The van der Waals surface area contributed by atoms with Gasteiger partial charge < -0.3 is 20.4 Å². The lowest BCUT2D eigenvalue weighted by Gasteiger charge is -2.41. The third-order valence-corrected chi connectivity index (χ3v) is 7.27. The maximum Gasteiger partial charge on any atom is 0.322 e. The van der Waals surface area contributed by atoms with E-state index < -0.39 is 0 Å². The number of fused-ring (bicyclic) bond motifs is 1. The van der Waals surface area contributed by atoms with Crippen LogP contribution in [0.25, 0.3) is 0 Å². The number of hydrogen-bond acceptors (Lipinski definition) is 4. The number of ketones is 1. The first-order valence-corrected chi connectivity index (χ1v) is 12.6. The molecule has 2 aliphatic rings. The lowest BCUT2D eigenvalue weighted by molar-refractivity contribution is -0.132. The molecule has 35 heavy (non-hydrogen) atoms. The van der Waals surface area contributed by atoms with Gasteiger partial charge in [0.1, 0.15) is 0 Å². The van der Waals surface area contributed by atoms with Crippen LogP contribution < -0.4 is 10.6 Å². The molecular formula is C26H29BrN4O4. The number of halogens is 1. The van der Waals surface area contributed by atoms with Gasteiger partial charge in [0.15, 0.2) is 5.78 Å². The van der Waals surface area contributed by atoms with Gasteiger partial charge in [-0.05, 0) is 65.0 Å². The van der Waals surface area contributed by atoms with Crippen molar-refractivity contribution in [3.05, 3.63) is 57.6 Å². The Morgan fingerprint density at radius 1 is 1.11 bits per heavy atom. The van der Waals surface area contributed by atoms with Crippen LogP contribution >= 0.6 is 15.9 Å². The van der Waals surface area contributed by atoms with Gasteiger partial charge in [-0.15, -0.1) is 0 Å². The number of benzene rings is 2. The Morgan fingerprint density at radius 3 is 2.54 bits per heavy atom. The molecule has 0 saturated carbocycles. The minimum atomic E-state index is -0.194. The highest BCUT2D eigenvalue weighted by Crippen LogP contribution is 2.30. The van der Waals surface area contributed by atoms with Crippen molar-refractivity contribution in [3.8, 4) is 0 Å². The van der Waals surface area contributed by atoms with Gasteiger partial charge in [-0.25, -0.2) is 4.79 Å². The van der Waals surface area contributed by atoms with E-state index in [0.29, 0.717) is 48.2 Å². The predicted octanol–water partition coefficient (Wildman–Crippen LogP) is 4.72. The second-order valence-corrected chi connectivity index (χ2v) is 9.93. The molecule has 2 N–H and O–H groups in total. The van der Waals surface area contributed by atoms with Crippen LogP contribution in [-0.2, 0) is 16.1 Å². The number of para-hydroxylation sites is 1. The number of carbonyl (C=O) groups is 4. The van der Waals surface area contributed by atoms with Gasteiger partial charge in [0.25, 0.3) is 0 Å².